The van der Waals surface area contributed by atoms with Crippen molar-refractivity contribution in [2.45, 2.75) is 33.0 Å². The first kappa shape index (κ1) is 14.1. The molecule has 1 aromatic carbocycles. The number of hydrogen-bond acceptors (Lipinski definition) is 3. The Hall–Kier alpha value is -1.27. The summed E-state index contributed by atoms with van der Waals surface area (Å²) in [6, 6.07) is 4.85. The fraction of sp³-hybridized carbons (Fsp3) is 0.385. The second-order valence-corrected chi connectivity index (χ2v) is 5.22. The van der Waals surface area contributed by atoms with Crippen LogP contribution in [0.4, 0.5) is 4.39 Å². The molecular weight excluding hydrogens is 311 g/mol. The maximum absolute atomic E-state index is 13.7. The Balaban J connectivity index is 2.05. The molecule has 1 atom stereocenters. The lowest BCUT2D eigenvalue weighted by Gasteiger charge is -2.15. The van der Waals surface area contributed by atoms with Gasteiger partial charge in [-0.05, 0) is 32.0 Å². The molecule has 102 valence electrons. The molecule has 0 spiro atoms. The lowest BCUT2D eigenvalue weighted by molar-refractivity contribution is 0.509. The van der Waals surface area contributed by atoms with E-state index in [0.29, 0.717) is 12.1 Å². The summed E-state index contributed by atoms with van der Waals surface area (Å²) in [4.78, 5) is 0. The van der Waals surface area contributed by atoms with Crippen molar-refractivity contribution < 1.29 is 4.39 Å². The van der Waals surface area contributed by atoms with Gasteiger partial charge in [-0.25, -0.2) is 4.39 Å². The quantitative estimate of drug-likeness (QED) is 0.918. The summed E-state index contributed by atoms with van der Waals surface area (Å²) in [6.07, 6.45) is 1.70. The van der Waals surface area contributed by atoms with Crippen LogP contribution in [0.5, 0.6) is 0 Å². The van der Waals surface area contributed by atoms with Gasteiger partial charge in [-0.3, -0.25) is 0 Å². The van der Waals surface area contributed by atoms with Gasteiger partial charge in [0.2, 0.25) is 0 Å². The largest absolute Gasteiger partial charge is 0.317 e. The molecule has 6 heteroatoms. The molecule has 2 aromatic rings. The van der Waals surface area contributed by atoms with Crippen LogP contribution in [0.25, 0.3) is 0 Å². The normalized spacial score (nSPS) is 12.6. The summed E-state index contributed by atoms with van der Waals surface area (Å²) in [5.41, 5.74) is 0.636. The van der Waals surface area contributed by atoms with E-state index in [1.165, 1.54) is 6.07 Å². The molecule has 0 amide bonds. The molecule has 0 bridgehead atoms. The first-order valence-corrected chi connectivity index (χ1v) is 6.96. The molecule has 0 fully saturated rings. The summed E-state index contributed by atoms with van der Waals surface area (Å²) < 4.78 is 16.6. The molecule has 0 aliphatic rings. The molecule has 1 unspecified atom stereocenters. The Kier molecular flexibility index (Phi) is 4.66. The average molecular weight is 327 g/mol. The van der Waals surface area contributed by atoms with Crippen LogP contribution in [0.3, 0.4) is 0 Å². The maximum Gasteiger partial charge on any atom is 0.146 e. The number of benzene rings is 1. The van der Waals surface area contributed by atoms with E-state index in [1.807, 2.05) is 18.4 Å². The monoisotopic (exact) mass is 326 g/mol. The number of halogens is 2. The zero-order chi connectivity index (χ0) is 13.8. The van der Waals surface area contributed by atoms with Crippen LogP contribution in [-0.2, 0) is 13.1 Å². The van der Waals surface area contributed by atoms with Crippen LogP contribution < -0.4 is 5.32 Å². The van der Waals surface area contributed by atoms with Crippen molar-refractivity contribution in [2.24, 2.45) is 0 Å². The highest BCUT2D eigenvalue weighted by atomic mass is 79.9. The van der Waals surface area contributed by atoms with E-state index in [4.69, 9.17) is 0 Å². The van der Waals surface area contributed by atoms with Gasteiger partial charge >= 0.3 is 0 Å². The van der Waals surface area contributed by atoms with Gasteiger partial charge in [0.1, 0.15) is 18.0 Å². The summed E-state index contributed by atoms with van der Waals surface area (Å²) in [7, 11) is 0. The van der Waals surface area contributed by atoms with Gasteiger partial charge in [-0.15, -0.1) is 10.2 Å². The highest BCUT2D eigenvalue weighted by Gasteiger charge is 2.12. The van der Waals surface area contributed by atoms with Gasteiger partial charge in [0, 0.05) is 22.6 Å². The Morgan fingerprint density at radius 3 is 3.00 bits per heavy atom. The maximum atomic E-state index is 13.7. The van der Waals surface area contributed by atoms with Gasteiger partial charge < -0.3 is 9.88 Å². The SMILES string of the molecule is CCn1cnnc1CNC(C)c1cc(Br)ccc1F. The molecule has 0 aliphatic carbocycles. The Morgan fingerprint density at radius 2 is 2.26 bits per heavy atom. The molecule has 0 aliphatic heterocycles. The lowest BCUT2D eigenvalue weighted by Crippen LogP contribution is -2.21. The third kappa shape index (κ3) is 3.39. The summed E-state index contributed by atoms with van der Waals surface area (Å²) in [5, 5.41) is 11.2. The van der Waals surface area contributed by atoms with Crippen molar-refractivity contribution in [3.8, 4) is 0 Å². The molecule has 2 rings (SSSR count). The second-order valence-electron chi connectivity index (χ2n) is 4.30. The Morgan fingerprint density at radius 1 is 1.47 bits per heavy atom. The molecular formula is C13H16BrFN4. The van der Waals surface area contributed by atoms with Crippen LogP contribution in [0.2, 0.25) is 0 Å². The average Bonchev–Trinajstić information content (AvgIpc) is 2.86. The van der Waals surface area contributed by atoms with Gasteiger partial charge in [0.25, 0.3) is 0 Å². The Bertz CT molecular complexity index is 555. The topological polar surface area (TPSA) is 42.7 Å². The third-order valence-corrected chi connectivity index (χ3v) is 3.52. The van der Waals surface area contributed by atoms with Crippen LogP contribution >= 0.6 is 15.9 Å². The van der Waals surface area contributed by atoms with E-state index in [1.54, 1.807) is 18.5 Å². The van der Waals surface area contributed by atoms with E-state index in [9.17, 15) is 4.39 Å². The lowest BCUT2D eigenvalue weighted by atomic mass is 10.1. The van der Waals surface area contributed by atoms with Crippen molar-refractivity contribution in [3.05, 3.63) is 46.2 Å². The van der Waals surface area contributed by atoms with Gasteiger partial charge in [0.15, 0.2) is 0 Å². The molecule has 0 radical (unpaired) electrons. The number of nitrogens with zero attached hydrogens (tertiary/aromatic N) is 3. The van der Waals surface area contributed by atoms with E-state index in [0.717, 1.165) is 16.8 Å². The fourth-order valence-electron chi connectivity index (χ4n) is 1.88. The van der Waals surface area contributed by atoms with Crippen LogP contribution in [0.15, 0.2) is 29.0 Å². The predicted octanol–water partition coefficient (Wildman–Crippen LogP) is 3.05. The van der Waals surface area contributed by atoms with Gasteiger partial charge in [-0.1, -0.05) is 15.9 Å². The van der Waals surface area contributed by atoms with E-state index in [-0.39, 0.29) is 11.9 Å². The third-order valence-electron chi connectivity index (χ3n) is 3.03. The van der Waals surface area contributed by atoms with E-state index < -0.39 is 0 Å². The number of aromatic nitrogens is 3. The minimum atomic E-state index is -0.208. The summed E-state index contributed by atoms with van der Waals surface area (Å²) >= 11 is 3.36. The highest BCUT2D eigenvalue weighted by Crippen LogP contribution is 2.21. The molecule has 1 aromatic heterocycles. The Labute approximate surface area is 120 Å². The predicted molar refractivity (Wildman–Crippen MR) is 75.1 cm³/mol. The zero-order valence-electron chi connectivity index (χ0n) is 10.9. The number of nitrogens with one attached hydrogen (secondary N) is 1. The first-order chi connectivity index (χ1) is 9.11. The van der Waals surface area contributed by atoms with Gasteiger partial charge in [-0.2, -0.15) is 0 Å². The van der Waals surface area contributed by atoms with Crippen molar-refractivity contribution in [1.29, 1.82) is 0 Å². The molecule has 1 N–H and O–H groups in total. The van der Waals surface area contributed by atoms with Crippen molar-refractivity contribution in [1.82, 2.24) is 20.1 Å². The second kappa shape index (κ2) is 6.25. The van der Waals surface area contributed by atoms with Crippen molar-refractivity contribution in [2.75, 3.05) is 0 Å². The van der Waals surface area contributed by atoms with Gasteiger partial charge in [0.05, 0.1) is 6.54 Å². The smallest absolute Gasteiger partial charge is 0.146 e. The minimum Gasteiger partial charge on any atom is -0.317 e. The number of hydrogen-bond donors (Lipinski definition) is 1. The minimum absolute atomic E-state index is 0.0977. The summed E-state index contributed by atoms with van der Waals surface area (Å²) in [6.45, 7) is 5.34. The summed E-state index contributed by atoms with van der Waals surface area (Å²) in [5.74, 6) is 0.643. The van der Waals surface area contributed by atoms with E-state index in [2.05, 4.69) is 31.4 Å². The first-order valence-electron chi connectivity index (χ1n) is 6.16. The van der Waals surface area contributed by atoms with Crippen molar-refractivity contribution >= 4 is 15.9 Å². The van der Waals surface area contributed by atoms with E-state index >= 15 is 0 Å². The van der Waals surface area contributed by atoms with Crippen LogP contribution in [0.1, 0.15) is 31.3 Å². The molecule has 0 saturated heterocycles. The zero-order valence-corrected chi connectivity index (χ0v) is 12.5. The highest BCUT2D eigenvalue weighted by molar-refractivity contribution is 9.10. The molecule has 1 heterocycles. The fourth-order valence-corrected chi connectivity index (χ4v) is 2.26. The van der Waals surface area contributed by atoms with Crippen LogP contribution in [-0.4, -0.2) is 14.8 Å². The molecule has 0 saturated carbocycles. The van der Waals surface area contributed by atoms with Crippen molar-refractivity contribution in [3.63, 3.8) is 0 Å². The number of aryl methyl sites for hydroxylation is 1. The number of rotatable bonds is 5. The standard InChI is InChI=1S/C13H16BrFN4/c1-3-19-8-17-18-13(19)7-16-9(2)11-6-10(14)4-5-12(11)15/h4-6,8-9,16H,3,7H2,1-2H3. The molecule has 4 nitrogen and oxygen atoms in total. The molecule has 19 heavy (non-hydrogen) atoms. The van der Waals surface area contributed by atoms with Crippen LogP contribution in [0, 0.1) is 5.82 Å².